The van der Waals surface area contributed by atoms with Crippen LogP contribution in [-0.2, 0) is 16.1 Å². The van der Waals surface area contributed by atoms with E-state index in [0.29, 0.717) is 23.0 Å². The van der Waals surface area contributed by atoms with Gasteiger partial charge in [0.1, 0.15) is 18.4 Å². The van der Waals surface area contributed by atoms with Gasteiger partial charge >= 0.3 is 11.9 Å². The third kappa shape index (κ3) is 3.52. The summed E-state index contributed by atoms with van der Waals surface area (Å²) < 4.78 is 15.3. The first-order chi connectivity index (χ1) is 13.5. The van der Waals surface area contributed by atoms with E-state index >= 15 is 0 Å². The summed E-state index contributed by atoms with van der Waals surface area (Å²) in [6.45, 7) is 7.03. The van der Waals surface area contributed by atoms with Crippen molar-refractivity contribution in [1.82, 2.24) is 9.47 Å². The van der Waals surface area contributed by atoms with Crippen molar-refractivity contribution >= 4 is 22.8 Å². The first-order valence-electron chi connectivity index (χ1n) is 9.97. The molecular formula is C22H27FN2O4. The van der Waals surface area contributed by atoms with Crippen LogP contribution in [0.5, 0.6) is 0 Å². The highest BCUT2D eigenvalue weighted by molar-refractivity contribution is 5.90. The normalized spacial score (nSPS) is 27.2. The van der Waals surface area contributed by atoms with Crippen molar-refractivity contribution in [2.45, 2.75) is 58.7 Å². The summed E-state index contributed by atoms with van der Waals surface area (Å²) in [6.07, 6.45) is 4.51. The summed E-state index contributed by atoms with van der Waals surface area (Å²) >= 11 is 0. The predicted molar refractivity (Wildman–Crippen MR) is 106 cm³/mol. The molecule has 2 fully saturated rings. The molecule has 1 aliphatic heterocycles. The highest BCUT2D eigenvalue weighted by Gasteiger charge is 2.52. The predicted octanol–water partition coefficient (Wildman–Crippen LogP) is 3.89. The summed E-state index contributed by atoms with van der Waals surface area (Å²) in [5.41, 5.74) is 1.15. The first kappa shape index (κ1) is 19.9. The Morgan fingerprint density at radius 1 is 1.24 bits per heavy atom. The lowest BCUT2D eigenvalue weighted by molar-refractivity contribution is -0.144. The molecule has 7 heteroatoms. The molecule has 1 saturated heterocycles. The Morgan fingerprint density at radius 3 is 2.62 bits per heavy atom. The molecule has 3 atom stereocenters. The maximum atomic E-state index is 13.8. The minimum Gasteiger partial charge on any atom is -0.480 e. The quantitative estimate of drug-likeness (QED) is 0.793. The van der Waals surface area contributed by atoms with E-state index in [1.54, 1.807) is 12.3 Å². The summed E-state index contributed by atoms with van der Waals surface area (Å²) in [5.74, 6) is -2.50. The highest BCUT2D eigenvalue weighted by Crippen LogP contribution is 2.54. The van der Waals surface area contributed by atoms with Gasteiger partial charge in [0.15, 0.2) is 0 Å². The third-order valence-corrected chi connectivity index (χ3v) is 6.50. The van der Waals surface area contributed by atoms with Crippen molar-refractivity contribution in [2.75, 3.05) is 6.54 Å². The van der Waals surface area contributed by atoms with Crippen LogP contribution in [-0.4, -0.2) is 44.2 Å². The van der Waals surface area contributed by atoms with Crippen molar-refractivity contribution in [3.8, 4) is 0 Å². The van der Waals surface area contributed by atoms with Crippen molar-refractivity contribution in [3.63, 3.8) is 0 Å². The van der Waals surface area contributed by atoms with Gasteiger partial charge < -0.3 is 14.8 Å². The Labute approximate surface area is 168 Å². The molecule has 6 nitrogen and oxygen atoms in total. The van der Waals surface area contributed by atoms with Crippen molar-refractivity contribution in [2.24, 2.45) is 10.8 Å². The molecule has 0 spiro atoms. The standard InChI is InChI=1S/C22H27FN2O4/c1-21(2)7-14-8-22(3,11-21)12-25(14)19(20(28)29)16-9-24(10-18(26)27)17-6-13(23)4-5-15(16)17/h4-6,9,14,19H,7-8,10-12H2,1-3H3,(H,26,27)(H,28,29)/t14-,19+,22-/m1/s1. The molecule has 1 aliphatic carbocycles. The molecule has 2 N–H and O–H groups in total. The summed E-state index contributed by atoms with van der Waals surface area (Å²) in [7, 11) is 0. The molecule has 1 saturated carbocycles. The van der Waals surface area contributed by atoms with Gasteiger partial charge in [-0.2, -0.15) is 0 Å². The number of benzene rings is 1. The van der Waals surface area contributed by atoms with Crippen LogP contribution in [0.25, 0.3) is 10.9 Å². The van der Waals surface area contributed by atoms with E-state index < -0.39 is 23.8 Å². The maximum absolute atomic E-state index is 13.8. The van der Waals surface area contributed by atoms with Crippen LogP contribution in [0.3, 0.4) is 0 Å². The van der Waals surface area contributed by atoms with E-state index in [4.69, 9.17) is 0 Å². The number of carboxylic acid groups (broad SMARTS) is 2. The maximum Gasteiger partial charge on any atom is 0.325 e. The molecular weight excluding hydrogens is 375 g/mol. The zero-order valence-corrected chi connectivity index (χ0v) is 17.0. The lowest BCUT2D eigenvalue weighted by Gasteiger charge is -2.40. The van der Waals surface area contributed by atoms with Crippen LogP contribution in [0.1, 0.15) is 51.6 Å². The number of likely N-dealkylation sites (tertiary alicyclic amines) is 1. The van der Waals surface area contributed by atoms with Gasteiger partial charge in [0, 0.05) is 29.7 Å². The van der Waals surface area contributed by atoms with Gasteiger partial charge in [-0.1, -0.05) is 20.8 Å². The third-order valence-electron chi connectivity index (χ3n) is 6.50. The van der Waals surface area contributed by atoms with Crippen molar-refractivity contribution in [3.05, 3.63) is 35.8 Å². The van der Waals surface area contributed by atoms with E-state index in [-0.39, 0.29) is 23.4 Å². The molecule has 2 bridgehead atoms. The molecule has 29 heavy (non-hydrogen) atoms. The fraction of sp³-hybridized carbons (Fsp3) is 0.545. The average molecular weight is 402 g/mol. The van der Waals surface area contributed by atoms with Gasteiger partial charge in [-0.25, -0.2) is 4.39 Å². The summed E-state index contributed by atoms with van der Waals surface area (Å²) in [6, 6.07) is 3.39. The van der Waals surface area contributed by atoms with E-state index in [1.165, 1.54) is 16.7 Å². The van der Waals surface area contributed by atoms with Crippen LogP contribution >= 0.6 is 0 Å². The monoisotopic (exact) mass is 402 g/mol. The number of fused-ring (bicyclic) bond motifs is 3. The zero-order chi connectivity index (χ0) is 21.1. The number of rotatable bonds is 5. The number of carboxylic acids is 2. The number of hydrogen-bond donors (Lipinski definition) is 2. The fourth-order valence-electron chi connectivity index (χ4n) is 6.05. The minimum absolute atomic E-state index is 0.0612. The van der Waals surface area contributed by atoms with Gasteiger partial charge in [-0.15, -0.1) is 0 Å². The molecule has 1 aromatic heterocycles. The van der Waals surface area contributed by atoms with E-state index in [1.807, 2.05) is 0 Å². The smallest absolute Gasteiger partial charge is 0.325 e. The largest absolute Gasteiger partial charge is 0.480 e. The van der Waals surface area contributed by atoms with Gasteiger partial charge in [0.05, 0.1) is 5.52 Å². The molecule has 0 unspecified atom stereocenters. The number of carbonyl (C=O) groups is 2. The van der Waals surface area contributed by atoms with Gasteiger partial charge in [-0.05, 0) is 48.3 Å². The Morgan fingerprint density at radius 2 is 1.97 bits per heavy atom. The minimum atomic E-state index is -1.06. The lowest BCUT2D eigenvalue weighted by Crippen LogP contribution is -2.39. The molecule has 2 aromatic rings. The Balaban J connectivity index is 1.82. The van der Waals surface area contributed by atoms with Gasteiger partial charge in [0.2, 0.25) is 0 Å². The topological polar surface area (TPSA) is 82.8 Å². The van der Waals surface area contributed by atoms with Crippen LogP contribution in [0.4, 0.5) is 4.39 Å². The number of hydrogen-bond acceptors (Lipinski definition) is 3. The Hall–Kier alpha value is -2.41. The number of halogens is 1. The number of nitrogens with zero attached hydrogens (tertiary/aromatic N) is 2. The van der Waals surface area contributed by atoms with Gasteiger partial charge in [-0.3, -0.25) is 14.5 Å². The molecule has 0 amide bonds. The molecule has 1 aromatic carbocycles. The molecule has 2 aliphatic rings. The molecule has 0 radical (unpaired) electrons. The summed E-state index contributed by atoms with van der Waals surface area (Å²) in [5, 5.41) is 20.0. The van der Waals surface area contributed by atoms with Crippen LogP contribution in [0, 0.1) is 16.6 Å². The Bertz CT molecular complexity index is 998. The highest BCUT2D eigenvalue weighted by atomic mass is 19.1. The Kier molecular flexibility index (Phi) is 4.49. The first-order valence-corrected chi connectivity index (χ1v) is 9.97. The SMILES string of the molecule is CC1(C)C[C@@H]2C[C@@](C)(CN2[C@H](C(=O)O)c2cn(CC(=O)O)c3cc(F)ccc23)C1. The zero-order valence-electron chi connectivity index (χ0n) is 17.0. The molecule has 4 rings (SSSR count). The van der Waals surface area contributed by atoms with Gasteiger partial charge in [0.25, 0.3) is 0 Å². The second-order valence-corrected chi connectivity index (χ2v) is 9.89. The second-order valence-electron chi connectivity index (χ2n) is 9.89. The molecule has 2 heterocycles. The number of aromatic nitrogens is 1. The lowest BCUT2D eigenvalue weighted by atomic mass is 9.65. The average Bonchev–Trinajstić information content (AvgIpc) is 3.01. The molecule has 156 valence electrons. The van der Waals surface area contributed by atoms with Crippen molar-refractivity contribution in [1.29, 1.82) is 0 Å². The van der Waals surface area contributed by atoms with E-state index in [2.05, 4.69) is 25.7 Å². The second kappa shape index (κ2) is 6.55. The van der Waals surface area contributed by atoms with Crippen molar-refractivity contribution < 1.29 is 24.2 Å². The van der Waals surface area contributed by atoms with Crippen LogP contribution in [0.2, 0.25) is 0 Å². The van der Waals surface area contributed by atoms with Crippen LogP contribution < -0.4 is 0 Å². The van der Waals surface area contributed by atoms with Crippen LogP contribution in [0.15, 0.2) is 24.4 Å². The van der Waals surface area contributed by atoms with E-state index in [9.17, 15) is 24.2 Å². The number of aliphatic carboxylic acids is 2. The van der Waals surface area contributed by atoms with E-state index in [0.717, 1.165) is 19.3 Å². The summed E-state index contributed by atoms with van der Waals surface area (Å²) in [4.78, 5) is 25.8. The fourth-order valence-corrected chi connectivity index (χ4v) is 6.05.